The lowest BCUT2D eigenvalue weighted by Crippen LogP contribution is -2.49. The highest BCUT2D eigenvalue weighted by Crippen LogP contribution is 2.32. The van der Waals surface area contributed by atoms with Crippen LogP contribution in [0.5, 0.6) is 17.2 Å². The summed E-state index contributed by atoms with van der Waals surface area (Å²) in [6, 6.07) is 10.0. The molecule has 1 N–H and O–H groups in total. The van der Waals surface area contributed by atoms with Crippen LogP contribution in [0.4, 0.5) is 15.3 Å². The number of methoxy groups -OCH3 is 2. The summed E-state index contributed by atoms with van der Waals surface area (Å²) in [4.78, 5) is 45.8. The van der Waals surface area contributed by atoms with Crippen molar-refractivity contribution in [3.8, 4) is 17.2 Å². The summed E-state index contributed by atoms with van der Waals surface area (Å²) in [5.41, 5.74) is 1.71. The van der Waals surface area contributed by atoms with Crippen LogP contribution in [-0.2, 0) is 22.5 Å². The summed E-state index contributed by atoms with van der Waals surface area (Å²) in [7, 11) is 4.81. The highest BCUT2D eigenvalue weighted by atomic mass is 16.6. The molecule has 228 valence electrons. The Balaban J connectivity index is 1.46. The largest absolute Gasteiger partial charge is 0.504 e. The number of benzene rings is 2. The van der Waals surface area contributed by atoms with Crippen molar-refractivity contribution < 1.29 is 33.7 Å². The number of nitrogens with zero attached hydrogens (tertiary/aromatic N) is 4. The maximum atomic E-state index is 13.4. The zero-order valence-corrected chi connectivity index (χ0v) is 25.4. The molecule has 0 radical (unpaired) electrons. The van der Waals surface area contributed by atoms with Crippen LogP contribution in [0.2, 0.25) is 0 Å². The maximum absolute atomic E-state index is 13.4. The molecule has 0 saturated carbocycles. The molecule has 2 aromatic carbocycles. The standard InChI is InChI=1S/C31H42N4O7/c1-31(2,3)42-30(39)35(24-13-16-32(4)28(24)37)17-12-21-8-9-22(27(18-21)41-6)20-33-14-7-15-34(29(33)38)23-10-11-26(40-5)25(36)19-23/h8-11,18-19,24,36H,7,12-17,20H2,1-6H3. The maximum Gasteiger partial charge on any atom is 0.410 e. The van der Waals surface area contributed by atoms with Gasteiger partial charge in [-0.15, -0.1) is 0 Å². The summed E-state index contributed by atoms with van der Waals surface area (Å²) in [5.74, 6) is 0.881. The molecule has 2 fully saturated rings. The van der Waals surface area contributed by atoms with Crippen molar-refractivity contribution in [2.45, 2.75) is 58.2 Å². The SMILES string of the molecule is COc1ccc(N2CCCN(Cc3ccc(CCN(C(=O)OC(C)(C)C)C4CCN(C)C4=O)cc3OC)C2=O)cc1O. The van der Waals surface area contributed by atoms with Gasteiger partial charge in [0, 0.05) is 50.5 Å². The van der Waals surface area contributed by atoms with Crippen LogP contribution in [0.15, 0.2) is 36.4 Å². The second-order valence-corrected chi connectivity index (χ2v) is 11.7. The summed E-state index contributed by atoms with van der Waals surface area (Å²) < 4.78 is 16.5. The Morgan fingerprint density at radius 2 is 1.76 bits per heavy atom. The Hall–Kier alpha value is -4.15. The van der Waals surface area contributed by atoms with Crippen molar-refractivity contribution >= 4 is 23.7 Å². The average Bonchev–Trinajstić information content (AvgIpc) is 3.27. The fraction of sp³-hybridized carbons (Fsp3) is 0.516. The Morgan fingerprint density at radius 1 is 1.02 bits per heavy atom. The monoisotopic (exact) mass is 582 g/mol. The molecule has 42 heavy (non-hydrogen) atoms. The summed E-state index contributed by atoms with van der Waals surface area (Å²) >= 11 is 0. The van der Waals surface area contributed by atoms with E-state index in [1.165, 1.54) is 18.1 Å². The third-order valence-electron chi connectivity index (χ3n) is 7.54. The lowest BCUT2D eigenvalue weighted by molar-refractivity contribution is -0.131. The zero-order valence-electron chi connectivity index (χ0n) is 25.4. The molecule has 0 bridgehead atoms. The molecule has 11 heteroatoms. The van der Waals surface area contributed by atoms with Gasteiger partial charge in [0.15, 0.2) is 11.5 Å². The van der Waals surface area contributed by atoms with Gasteiger partial charge in [0.1, 0.15) is 17.4 Å². The third kappa shape index (κ3) is 7.00. The van der Waals surface area contributed by atoms with Crippen LogP contribution in [0, 0.1) is 0 Å². The van der Waals surface area contributed by atoms with Crippen molar-refractivity contribution in [2.75, 3.05) is 52.3 Å². The summed E-state index contributed by atoms with van der Waals surface area (Å²) in [6.07, 6.45) is 1.33. The number of likely N-dealkylation sites (tertiary alicyclic amines) is 1. The molecule has 2 heterocycles. The number of carbonyl (C=O) groups excluding carboxylic acids is 3. The van der Waals surface area contributed by atoms with Crippen LogP contribution in [0.25, 0.3) is 0 Å². The van der Waals surface area contributed by atoms with Gasteiger partial charge < -0.3 is 29.1 Å². The van der Waals surface area contributed by atoms with E-state index in [9.17, 15) is 19.5 Å². The minimum absolute atomic E-state index is 0.0215. The average molecular weight is 583 g/mol. The normalized spacial score (nSPS) is 17.5. The van der Waals surface area contributed by atoms with Crippen molar-refractivity contribution in [1.82, 2.24) is 14.7 Å². The quantitative estimate of drug-likeness (QED) is 0.470. The van der Waals surface area contributed by atoms with Gasteiger partial charge >= 0.3 is 12.1 Å². The van der Waals surface area contributed by atoms with Gasteiger partial charge in [-0.2, -0.15) is 0 Å². The number of amides is 4. The Labute approximate surface area is 247 Å². The van der Waals surface area contributed by atoms with Crippen LogP contribution in [0.3, 0.4) is 0 Å². The molecule has 0 spiro atoms. The number of aromatic hydroxyl groups is 1. The second-order valence-electron chi connectivity index (χ2n) is 11.7. The van der Waals surface area contributed by atoms with Gasteiger partial charge in [0.25, 0.3) is 0 Å². The number of phenolic OH excluding ortho intramolecular Hbond substituents is 1. The fourth-order valence-corrected chi connectivity index (χ4v) is 5.33. The van der Waals surface area contributed by atoms with E-state index in [2.05, 4.69) is 0 Å². The zero-order chi connectivity index (χ0) is 30.6. The number of anilines is 1. The van der Waals surface area contributed by atoms with E-state index in [0.717, 1.165) is 17.5 Å². The molecule has 11 nitrogen and oxygen atoms in total. The molecular weight excluding hydrogens is 540 g/mol. The van der Waals surface area contributed by atoms with Crippen LogP contribution >= 0.6 is 0 Å². The first kappa shape index (κ1) is 30.8. The minimum Gasteiger partial charge on any atom is -0.504 e. The predicted octanol–water partition coefficient (Wildman–Crippen LogP) is 4.25. The molecule has 0 aromatic heterocycles. The van der Waals surface area contributed by atoms with Gasteiger partial charge in [-0.1, -0.05) is 12.1 Å². The van der Waals surface area contributed by atoms with E-state index in [1.54, 1.807) is 41.0 Å². The number of hydrogen-bond donors (Lipinski definition) is 1. The Morgan fingerprint density at radius 3 is 2.38 bits per heavy atom. The molecule has 4 rings (SSSR count). The molecule has 0 aliphatic carbocycles. The first-order valence-corrected chi connectivity index (χ1v) is 14.3. The third-order valence-corrected chi connectivity index (χ3v) is 7.54. The fourth-order valence-electron chi connectivity index (χ4n) is 5.33. The number of phenols is 1. The van der Waals surface area contributed by atoms with E-state index in [4.69, 9.17) is 14.2 Å². The van der Waals surface area contributed by atoms with Gasteiger partial charge in [-0.05, 0) is 63.8 Å². The summed E-state index contributed by atoms with van der Waals surface area (Å²) in [6.45, 7) is 7.83. The van der Waals surface area contributed by atoms with Crippen LogP contribution < -0.4 is 14.4 Å². The second kappa shape index (κ2) is 12.8. The molecule has 2 aliphatic heterocycles. The first-order chi connectivity index (χ1) is 19.9. The van der Waals surface area contributed by atoms with E-state index >= 15 is 0 Å². The van der Waals surface area contributed by atoms with Gasteiger partial charge in [0.05, 0.1) is 20.8 Å². The number of carbonyl (C=O) groups is 3. The molecule has 1 atom stereocenters. The molecular formula is C31H42N4O7. The molecule has 2 saturated heterocycles. The van der Waals surface area contributed by atoms with Crippen molar-refractivity contribution in [3.05, 3.63) is 47.5 Å². The number of hydrogen-bond acceptors (Lipinski definition) is 7. The lowest BCUT2D eigenvalue weighted by Gasteiger charge is -2.36. The molecule has 1 unspecified atom stereocenters. The molecule has 2 aliphatic rings. The summed E-state index contributed by atoms with van der Waals surface area (Å²) in [5, 5.41) is 10.2. The van der Waals surface area contributed by atoms with E-state index < -0.39 is 17.7 Å². The highest BCUT2D eigenvalue weighted by molar-refractivity contribution is 5.93. The molecule has 2 aromatic rings. The predicted molar refractivity (Wildman–Crippen MR) is 158 cm³/mol. The van der Waals surface area contributed by atoms with E-state index in [0.29, 0.717) is 62.8 Å². The van der Waals surface area contributed by atoms with E-state index in [1.807, 2.05) is 39.0 Å². The van der Waals surface area contributed by atoms with Crippen molar-refractivity contribution in [1.29, 1.82) is 0 Å². The Bertz CT molecular complexity index is 1310. The van der Waals surface area contributed by atoms with Crippen LogP contribution in [-0.4, -0.2) is 96.9 Å². The van der Waals surface area contributed by atoms with Crippen molar-refractivity contribution in [2.24, 2.45) is 0 Å². The first-order valence-electron chi connectivity index (χ1n) is 14.3. The number of likely N-dealkylation sites (N-methyl/N-ethyl adjacent to an activating group) is 1. The van der Waals surface area contributed by atoms with E-state index in [-0.39, 0.29) is 17.7 Å². The number of rotatable bonds is 9. The number of urea groups is 1. The molecule has 4 amide bonds. The van der Waals surface area contributed by atoms with Gasteiger partial charge in [0.2, 0.25) is 5.91 Å². The topological polar surface area (TPSA) is 112 Å². The minimum atomic E-state index is -0.678. The van der Waals surface area contributed by atoms with Crippen LogP contribution in [0.1, 0.15) is 44.7 Å². The lowest BCUT2D eigenvalue weighted by atomic mass is 10.1. The number of ether oxygens (including phenoxy) is 3. The highest BCUT2D eigenvalue weighted by Gasteiger charge is 2.38. The smallest absolute Gasteiger partial charge is 0.410 e. The Kier molecular flexibility index (Phi) is 9.38. The van der Waals surface area contributed by atoms with Gasteiger partial charge in [-0.25, -0.2) is 9.59 Å². The van der Waals surface area contributed by atoms with Gasteiger partial charge in [-0.3, -0.25) is 14.6 Å². The van der Waals surface area contributed by atoms with Crippen molar-refractivity contribution in [3.63, 3.8) is 0 Å².